The van der Waals surface area contributed by atoms with Crippen LogP contribution in [-0.2, 0) is 14.3 Å². The molecule has 3 aromatic rings. The number of pyridine rings is 1. The third kappa shape index (κ3) is 3.92. The second-order valence-electron chi connectivity index (χ2n) is 4.94. The summed E-state index contributed by atoms with van der Waals surface area (Å²) in [6.07, 6.45) is 0.822. The monoisotopic (exact) mass is 376 g/mol. The summed E-state index contributed by atoms with van der Waals surface area (Å²) in [6.45, 7) is 1.57. The predicted octanol–water partition coefficient (Wildman–Crippen LogP) is 3.46. The molecule has 0 aliphatic rings. The van der Waals surface area contributed by atoms with Gasteiger partial charge in [0.05, 0.1) is 4.90 Å². The molecule has 8 nitrogen and oxygen atoms in total. The van der Waals surface area contributed by atoms with Crippen molar-refractivity contribution in [2.75, 3.05) is 0 Å². The van der Waals surface area contributed by atoms with Crippen molar-refractivity contribution in [1.29, 1.82) is 0 Å². The summed E-state index contributed by atoms with van der Waals surface area (Å²) in [7, 11) is -4.01. The Balaban J connectivity index is 1.78. The Labute approximate surface area is 147 Å². The van der Waals surface area contributed by atoms with Gasteiger partial charge in [0.25, 0.3) is 10.1 Å². The van der Waals surface area contributed by atoms with E-state index in [2.05, 4.69) is 20.4 Å². The van der Waals surface area contributed by atoms with Crippen molar-refractivity contribution in [2.24, 2.45) is 5.18 Å². The van der Waals surface area contributed by atoms with Crippen molar-refractivity contribution < 1.29 is 12.6 Å². The van der Waals surface area contributed by atoms with Gasteiger partial charge in [0, 0.05) is 6.20 Å². The predicted molar refractivity (Wildman–Crippen MR) is 91.7 cm³/mol. The first-order valence-corrected chi connectivity index (χ1v) is 9.33. The number of hydrogen-bond acceptors (Lipinski definition) is 9. The van der Waals surface area contributed by atoms with Crippen LogP contribution >= 0.6 is 11.3 Å². The highest BCUT2D eigenvalue weighted by atomic mass is 32.2. The van der Waals surface area contributed by atoms with E-state index < -0.39 is 16.2 Å². The fourth-order valence-corrected chi connectivity index (χ4v) is 3.87. The first-order valence-electron chi connectivity index (χ1n) is 7.11. The third-order valence-electron chi connectivity index (χ3n) is 3.17. The van der Waals surface area contributed by atoms with Crippen LogP contribution in [0.4, 0.5) is 5.69 Å². The molecular weight excluding hydrogens is 364 g/mol. The Hall–Kier alpha value is -2.56. The van der Waals surface area contributed by atoms with Gasteiger partial charge >= 0.3 is 0 Å². The van der Waals surface area contributed by atoms with Gasteiger partial charge in [0.15, 0.2) is 5.01 Å². The van der Waals surface area contributed by atoms with Gasteiger partial charge in [-0.25, -0.2) is 0 Å². The molecule has 0 saturated heterocycles. The smallest absolute Gasteiger partial charge is 0.256 e. The van der Waals surface area contributed by atoms with E-state index in [1.807, 2.05) is 6.07 Å². The molecule has 1 aromatic carbocycles. The average molecular weight is 376 g/mol. The van der Waals surface area contributed by atoms with Crippen LogP contribution in [0.25, 0.3) is 10.7 Å². The summed E-state index contributed by atoms with van der Waals surface area (Å²) in [4.78, 5) is 14.5. The van der Waals surface area contributed by atoms with Crippen LogP contribution in [0.3, 0.4) is 0 Å². The van der Waals surface area contributed by atoms with Crippen molar-refractivity contribution in [1.82, 2.24) is 15.2 Å². The summed E-state index contributed by atoms with van der Waals surface area (Å²) < 4.78 is 29.8. The first kappa shape index (κ1) is 17.3. The van der Waals surface area contributed by atoms with Gasteiger partial charge in [-0.15, -0.1) is 15.1 Å². The molecule has 2 aromatic heterocycles. The molecule has 0 unspecified atom stereocenters. The quantitative estimate of drug-likeness (QED) is 0.478. The minimum atomic E-state index is -4.01. The summed E-state index contributed by atoms with van der Waals surface area (Å²) in [5.41, 5.74) is 0.786. The maximum atomic E-state index is 12.3. The van der Waals surface area contributed by atoms with Gasteiger partial charge in [0.2, 0.25) is 0 Å². The van der Waals surface area contributed by atoms with Gasteiger partial charge in [0.1, 0.15) is 22.5 Å². The van der Waals surface area contributed by atoms with Gasteiger partial charge in [-0.1, -0.05) is 17.4 Å². The van der Waals surface area contributed by atoms with E-state index in [1.54, 1.807) is 25.3 Å². The van der Waals surface area contributed by atoms with E-state index in [4.69, 9.17) is 4.18 Å². The van der Waals surface area contributed by atoms with Crippen molar-refractivity contribution >= 4 is 27.1 Å². The molecule has 1 atom stereocenters. The summed E-state index contributed by atoms with van der Waals surface area (Å²) >= 11 is 1.21. The number of nitroso groups, excluding NO2 is 1. The molecule has 0 amide bonds. The fraction of sp³-hybridized carbons (Fsp3) is 0.133. The van der Waals surface area contributed by atoms with Crippen LogP contribution in [0, 0.1) is 4.91 Å². The number of aromatic nitrogens is 3. The summed E-state index contributed by atoms with van der Waals surface area (Å²) in [5.74, 6) is 0. The van der Waals surface area contributed by atoms with Gasteiger partial charge in [-0.2, -0.15) is 8.42 Å². The van der Waals surface area contributed by atoms with E-state index in [0.29, 0.717) is 15.7 Å². The SMILES string of the molecule is C[C@@H](OS(=O)(=O)c1ccc(N=O)cc1)c1nnc(-c2ccccn2)s1. The molecule has 25 heavy (non-hydrogen) atoms. The number of hydrogen-bond donors (Lipinski definition) is 0. The molecule has 2 heterocycles. The van der Waals surface area contributed by atoms with Crippen molar-refractivity contribution in [3.8, 4) is 10.7 Å². The van der Waals surface area contributed by atoms with Crippen LogP contribution in [-0.4, -0.2) is 23.6 Å². The van der Waals surface area contributed by atoms with Crippen LogP contribution in [0.2, 0.25) is 0 Å². The van der Waals surface area contributed by atoms with Gasteiger partial charge in [-0.3, -0.25) is 9.17 Å². The third-order valence-corrected chi connectivity index (χ3v) is 5.67. The molecule has 0 fully saturated rings. The Morgan fingerprint density at radius 1 is 1.12 bits per heavy atom. The molecule has 0 radical (unpaired) electrons. The van der Waals surface area contributed by atoms with E-state index in [-0.39, 0.29) is 10.6 Å². The average Bonchev–Trinajstić information content (AvgIpc) is 3.12. The first-order chi connectivity index (χ1) is 12.0. The molecule has 3 rings (SSSR count). The molecule has 10 heteroatoms. The Kier molecular flexibility index (Phi) is 4.93. The molecule has 0 N–H and O–H groups in total. The second kappa shape index (κ2) is 7.13. The Bertz CT molecular complexity index is 972. The van der Waals surface area contributed by atoms with Crippen LogP contribution < -0.4 is 0 Å². The normalized spacial score (nSPS) is 12.7. The van der Waals surface area contributed by atoms with Crippen molar-refractivity contribution in [3.05, 3.63) is 58.6 Å². The van der Waals surface area contributed by atoms with E-state index in [1.165, 1.54) is 35.6 Å². The zero-order chi connectivity index (χ0) is 17.9. The molecule has 0 bridgehead atoms. The standard InChI is InChI=1S/C15H12N4O4S2/c1-10(14-17-18-15(24-14)13-4-2-3-9-16-13)23-25(21,22)12-7-5-11(19-20)6-8-12/h2-10H,1H3/t10-/m1/s1. The molecule has 0 saturated carbocycles. The maximum Gasteiger partial charge on any atom is 0.297 e. The lowest BCUT2D eigenvalue weighted by atomic mass is 10.3. The fourth-order valence-electron chi connectivity index (χ4n) is 1.95. The lowest BCUT2D eigenvalue weighted by Gasteiger charge is -2.10. The Morgan fingerprint density at radius 2 is 1.88 bits per heavy atom. The number of nitrogens with zero attached hydrogens (tertiary/aromatic N) is 4. The largest absolute Gasteiger partial charge is 0.297 e. The minimum Gasteiger partial charge on any atom is -0.256 e. The van der Waals surface area contributed by atoms with Crippen molar-refractivity contribution in [2.45, 2.75) is 17.9 Å². The topological polar surface area (TPSA) is 111 Å². The van der Waals surface area contributed by atoms with E-state index in [9.17, 15) is 13.3 Å². The maximum absolute atomic E-state index is 12.3. The van der Waals surface area contributed by atoms with E-state index in [0.717, 1.165) is 0 Å². The highest BCUT2D eigenvalue weighted by molar-refractivity contribution is 7.86. The zero-order valence-corrected chi connectivity index (χ0v) is 14.6. The highest BCUT2D eigenvalue weighted by Gasteiger charge is 2.23. The zero-order valence-electron chi connectivity index (χ0n) is 12.9. The van der Waals surface area contributed by atoms with Crippen LogP contribution in [0.5, 0.6) is 0 Å². The molecule has 0 aliphatic carbocycles. The lowest BCUT2D eigenvalue weighted by Crippen LogP contribution is -2.10. The van der Waals surface area contributed by atoms with Crippen LogP contribution in [0.1, 0.15) is 18.0 Å². The molecule has 128 valence electrons. The number of rotatable bonds is 6. The second-order valence-corrected chi connectivity index (χ2v) is 7.52. The summed E-state index contributed by atoms with van der Waals surface area (Å²) in [6, 6.07) is 10.5. The minimum absolute atomic E-state index is 0.0683. The highest BCUT2D eigenvalue weighted by Crippen LogP contribution is 2.29. The van der Waals surface area contributed by atoms with Crippen LogP contribution in [0.15, 0.2) is 58.7 Å². The Morgan fingerprint density at radius 3 is 2.52 bits per heavy atom. The van der Waals surface area contributed by atoms with Gasteiger partial charge in [-0.05, 0) is 48.5 Å². The number of benzene rings is 1. The van der Waals surface area contributed by atoms with Gasteiger partial charge < -0.3 is 0 Å². The van der Waals surface area contributed by atoms with Crippen molar-refractivity contribution in [3.63, 3.8) is 0 Å². The molecule has 0 aliphatic heterocycles. The van der Waals surface area contributed by atoms with E-state index >= 15 is 0 Å². The molecule has 0 spiro atoms. The lowest BCUT2D eigenvalue weighted by molar-refractivity contribution is 0.232. The molecular formula is C15H12N4O4S2. The summed E-state index contributed by atoms with van der Waals surface area (Å²) in [5, 5.41) is 11.7.